The number of benzene rings is 3. The molecule has 0 saturated carbocycles. The number of carbonyl (C=O) groups is 3. The molecule has 2 aliphatic rings. The molecule has 3 amide bonds. The van der Waals surface area contributed by atoms with Crippen LogP contribution in [-0.2, 0) is 17.9 Å². The van der Waals surface area contributed by atoms with Gasteiger partial charge in [0.2, 0.25) is 5.91 Å². The van der Waals surface area contributed by atoms with Crippen LogP contribution in [0.3, 0.4) is 0 Å². The van der Waals surface area contributed by atoms with E-state index in [0.29, 0.717) is 42.9 Å². The van der Waals surface area contributed by atoms with Crippen LogP contribution >= 0.6 is 0 Å². The van der Waals surface area contributed by atoms with Crippen molar-refractivity contribution in [3.05, 3.63) is 95.1 Å². The Hall–Kier alpha value is -4.13. The van der Waals surface area contributed by atoms with Crippen LogP contribution in [0.15, 0.2) is 72.8 Å². The first kappa shape index (κ1) is 22.7. The first-order valence-electron chi connectivity index (χ1n) is 11.8. The van der Waals surface area contributed by atoms with Crippen LogP contribution in [-0.4, -0.2) is 42.3 Å². The number of ether oxygens (including phenoxy) is 1. The number of hydrogen-bond donors (Lipinski definition) is 1. The minimum absolute atomic E-state index is 0.0547. The van der Waals surface area contributed by atoms with Gasteiger partial charge in [-0.25, -0.2) is 0 Å². The Labute approximate surface area is 204 Å². The van der Waals surface area contributed by atoms with Gasteiger partial charge in [-0.3, -0.25) is 14.4 Å². The molecule has 3 aromatic carbocycles. The van der Waals surface area contributed by atoms with E-state index >= 15 is 0 Å². The number of amides is 3. The first-order chi connectivity index (χ1) is 17.0. The van der Waals surface area contributed by atoms with Crippen molar-refractivity contribution < 1.29 is 19.1 Å². The molecule has 0 bridgehead atoms. The van der Waals surface area contributed by atoms with Crippen LogP contribution < -0.4 is 15.0 Å². The normalized spacial score (nSPS) is 17.0. The molecule has 3 aromatic rings. The maximum Gasteiger partial charge on any atom is 0.256 e. The van der Waals surface area contributed by atoms with Gasteiger partial charge in [-0.2, -0.15) is 0 Å². The van der Waals surface area contributed by atoms with Crippen molar-refractivity contribution in [3.8, 4) is 5.75 Å². The van der Waals surface area contributed by atoms with E-state index in [-0.39, 0.29) is 17.7 Å². The fourth-order valence-electron chi connectivity index (χ4n) is 4.78. The lowest BCUT2D eigenvalue weighted by molar-refractivity contribution is -0.122. The summed E-state index contributed by atoms with van der Waals surface area (Å²) in [6.07, 6.45) is 1.51. The lowest BCUT2D eigenvalue weighted by atomic mass is 10.1. The number of rotatable bonds is 6. The number of fused-ring (bicyclic) bond motifs is 2. The molecule has 0 radical (unpaired) electrons. The first-order valence-corrected chi connectivity index (χ1v) is 11.8. The van der Waals surface area contributed by atoms with Gasteiger partial charge in [-0.15, -0.1) is 0 Å². The van der Waals surface area contributed by atoms with E-state index in [2.05, 4.69) is 5.32 Å². The van der Waals surface area contributed by atoms with E-state index in [9.17, 15) is 14.4 Å². The molecule has 7 nitrogen and oxygen atoms in total. The third kappa shape index (κ3) is 4.49. The summed E-state index contributed by atoms with van der Waals surface area (Å²) in [6, 6.07) is 21.7. The van der Waals surface area contributed by atoms with Gasteiger partial charge in [0, 0.05) is 18.7 Å². The maximum absolute atomic E-state index is 13.4. The van der Waals surface area contributed by atoms with Crippen molar-refractivity contribution in [2.24, 2.45) is 0 Å². The topological polar surface area (TPSA) is 79.0 Å². The van der Waals surface area contributed by atoms with Gasteiger partial charge in [0.15, 0.2) is 0 Å². The second-order valence-electron chi connectivity index (χ2n) is 8.83. The summed E-state index contributed by atoms with van der Waals surface area (Å²) in [5.41, 5.74) is 3.56. The number of hydrogen-bond acceptors (Lipinski definition) is 4. The molecule has 7 heteroatoms. The third-order valence-corrected chi connectivity index (χ3v) is 6.63. The van der Waals surface area contributed by atoms with E-state index in [1.807, 2.05) is 54.6 Å². The van der Waals surface area contributed by atoms with E-state index < -0.39 is 6.04 Å². The molecule has 1 N–H and O–H groups in total. The monoisotopic (exact) mass is 469 g/mol. The maximum atomic E-state index is 13.4. The molecule has 178 valence electrons. The van der Waals surface area contributed by atoms with E-state index in [4.69, 9.17) is 4.74 Å². The van der Waals surface area contributed by atoms with Gasteiger partial charge in [0.1, 0.15) is 11.8 Å². The number of nitrogens with zero attached hydrogens (tertiary/aromatic N) is 2. The summed E-state index contributed by atoms with van der Waals surface area (Å²) in [5, 5.41) is 2.92. The number of para-hydroxylation sites is 1. The molecular formula is C28H27N3O4. The van der Waals surface area contributed by atoms with E-state index in [1.165, 1.54) is 0 Å². The van der Waals surface area contributed by atoms with Gasteiger partial charge in [-0.1, -0.05) is 36.4 Å². The highest BCUT2D eigenvalue weighted by atomic mass is 16.5. The van der Waals surface area contributed by atoms with Crippen LogP contribution in [0.5, 0.6) is 5.75 Å². The summed E-state index contributed by atoms with van der Waals surface area (Å²) in [4.78, 5) is 42.6. The second kappa shape index (κ2) is 9.62. The fraction of sp³-hybridized carbons (Fsp3) is 0.250. The van der Waals surface area contributed by atoms with Crippen LogP contribution in [0, 0.1) is 0 Å². The van der Waals surface area contributed by atoms with Crippen molar-refractivity contribution in [1.82, 2.24) is 10.2 Å². The van der Waals surface area contributed by atoms with Gasteiger partial charge in [0.05, 0.1) is 24.9 Å². The fourth-order valence-corrected chi connectivity index (χ4v) is 4.78. The van der Waals surface area contributed by atoms with E-state index in [0.717, 1.165) is 23.3 Å². The van der Waals surface area contributed by atoms with Gasteiger partial charge < -0.3 is 19.9 Å². The molecule has 1 saturated heterocycles. The molecule has 2 aliphatic heterocycles. The molecule has 2 heterocycles. The summed E-state index contributed by atoms with van der Waals surface area (Å²) >= 11 is 0. The Morgan fingerprint density at radius 3 is 2.60 bits per heavy atom. The average Bonchev–Trinajstić information content (AvgIpc) is 3.37. The Bertz CT molecular complexity index is 1270. The van der Waals surface area contributed by atoms with Crippen molar-refractivity contribution in [2.45, 2.75) is 32.0 Å². The summed E-state index contributed by atoms with van der Waals surface area (Å²) in [7, 11) is 1.61. The molecule has 1 fully saturated rings. The minimum Gasteiger partial charge on any atom is -0.497 e. The predicted octanol–water partition coefficient (Wildman–Crippen LogP) is 3.78. The lowest BCUT2D eigenvalue weighted by Crippen LogP contribution is -2.44. The van der Waals surface area contributed by atoms with Crippen molar-refractivity contribution in [1.29, 1.82) is 0 Å². The molecule has 0 aliphatic carbocycles. The Kier molecular flexibility index (Phi) is 6.23. The Balaban J connectivity index is 1.31. The molecule has 0 spiro atoms. The lowest BCUT2D eigenvalue weighted by Gasteiger charge is -2.26. The molecule has 0 unspecified atom stereocenters. The highest BCUT2D eigenvalue weighted by Crippen LogP contribution is 2.33. The number of nitrogens with one attached hydrogen (secondary N) is 1. The number of carbonyl (C=O) groups excluding carboxylic acids is 3. The van der Waals surface area contributed by atoms with Crippen molar-refractivity contribution in [3.63, 3.8) is 0 Å². The molecule has 5 rings (SSSR count). The third-order valence-electron chi connectivity index (χ3n) is 6.63. The zero-order valence-corrected chi connectivity index (χ0v) is 19.6. The highest BCUT2D eigenvalue weighted by molar-refractivity contribution is 6.11. The smallest absolute Gasteiger partial charge is 0.256 e. The largest absolute Gasteiger partial charge is 0.497 e. The minimum atomic E-state index is -0.420. The summed E-state index contributed by atoms with van der Waals surface area (Å²) in [5.74, 6) is 0.429. The average molecular weight is 470 g/mol. The zero-order valence-electron chi connectivity index (χ0n) is 19.6. The highest BCUT2D eigenvalue weighted by Gasteiger charge is 2.41. The SMILES string of the molecule is COc1cccc(CNC(=O)c2ccc(CN3C(=O)[C@@H]4CCCN4C(=O)c4ccccc43)cc2)c1. The van der Waals surface area contributed by atoms with E-state index in [1.54, 1.807) is 35.1 Å². The van der Waals surface area contributed by atoms with Gasteiger partial charge in [-0.05, 0) is 60.4 Å². The molecular weight excluding hydrogens is 442 g/mol. The molecule has 1 atom stereocenters. The molecule has 35 heavy (non-hydrogen) atoms. The standard InChI is InChI=1S/C28H27N3O4/c1-35-22-7-4-6-20(16-22)17-29-26(32)21-13-11-19(12-14-21)18-31-24-9-3-2-8-23(24)27(33)30-15-5-10-25(30)28(31)34/h2-4,6-9,11-14,16,25H,5,10,15,17-18H2,1H3,(H,29,32)/t25-/m0/s1. The second-order valence-corrected chi connectivity index (χ2v) is 8.83. The van der Waals surface area contributed by atoms with Crippen LogP contribution in [0.1, 0.15) is 44.7 Å². The molecule has 0 aromatic heterocycles. The van der Waals surface area contributed by atoms with Crippen LogP contribution in [0.25, 0.3) is 0 Å². The predicted molar refractivity (Wildman–Crippen MR) is 132 cm³/mol. The summed E-state index contributed by atoms with van der Waals surface area (Å²) in [6.45, 7) is 1.33. The number of methoxy groups -OCH3 is 1. The summed E-state index contributed by atoms with van der Waals surface area (Å²) < 4.78 is 5.23. The van der Waals surface area contributed by atoms with Crippen LogP contribution in [0.4, 0.5) is 5.69 Å². The van der Waals surface area contributed by atoms with Crippen molar-refractivity contribution >= 4 is 23.4 Å². The Morgan fingerprint density at radius 1 is 1.00 bits per heavy atom. The van der Waals surface area contributed by atoms with Crippen molar-refractivity contribution in [2.75, 3.05) is 18.6 Å². The van der Waals surface area contributed by atoms with Gasteiger partial charge >= 0.3 is 0 Å². The van der Waals surface area contributed by atoms with Crippen LogP contribution in [0.2, 0.25) is 0 Å². The van der Waals surface area contributed by atoms with Gasteiger partial charge in [0.25, 0.3) is 11.8 Å². The number of anilines is 1. The quantitative estimate of drug-likeness (QED) is 0.596. The zero-order chi connectivity index (χ0) is 24.4. The Morgan fingerprint density at radius 2 is 1.80 bits per heavy atom.